The van der Waals surface area contributed by atoms with Gasteiger partial charge in [-0.15, -0.1) is 0 Å². The molecule has 20 heavy (non-hydrogen) atoms. The summed E-state index contributed by atoms with van der Waals surface area (Å²) in [5, 5.41) is 6.07. The number of hydrogen-bond acceptors (Lipinski definition) is 3. The summed E-state index contributed by atoms with van der Waals surface area (Å²) >= 11 is 0. The van der Waals surface area contributed by atoms with Crippen molar-refractivity contribution in [3.8, 4) is 5.75 Å². The largest absolute Gasteiger partial charge is 0.497 e. The monoisotopic (exact) mass is 278 g/mol. The van der Waals surface area contributed by atoms with Gasteiger partial charge in [-0.05, 0) is 37.1 Å². The number of amides is 1. The van der Waals surface area contributed by atoms with Crippen LogP contribution in [-0.4, -0.2) is 32.7 Å². The Bertz CT molecular complexity index is 377. The molecule has 1 amide bonds. The smallest absolute Gasteiger partial charge is 0.233 e. The van der Waals surface area contributed by atoms with Gasteiger partial charge in [0, 0.05) is 6.54 Å². The third-order valence-electron chi connectivity index (χ3n) is 3.14. The number of rotatable bonds is 10. The van der Waals surface area contributed by atoms with E-state index in [-0.39, 0.29) is 5.91 Å². The van der Waals surface area contributed by atoms with Crippen molar-refractivity contribution in [3.05, 3.63) is 29.8 Å². The van der Waals surface area contributed by atoms with Gasteiger partial charge in [-0.3, -0.25) is 4.79 Å². The third kappa shape index (κ3) is 7.14. The third-order valence-corrected chi connectivity index (χ3v) is 3.14. The number of carbonyl (C=O) groups is 1. The number of unbranched alkanes of at least 4 members (excludes halogenated alkanes) is 2. The first-order valence-electron chi connectivity index (χ1n) is 7.36. The van der Waals surface area contributed by atoms with Crippen LogP contribution in [0.25, 0.3) is 0 Å². The van der Waals surface area contributed by atoms with Crippen LogP contribution in [0.4, 0.5) is 0 Å². The Kier molecular flexibility index (Phi) is 8.47. The molecule has 0 heterocycles. The number of methoxy groups -OCH3 is 1. The fraction of sp³-hybridized carbons (Fsp3) is 0.562. The Balaban J connectivity index is 2.08. The first kappa shape index (κ1) is 16.5. The lowest BCUT2D eigenvalue weighted by Gasteiger charge is -2.07. The highest BCUT2D eigenvalue weighted by molar-refractivity contribution is 5.77. The summed E-state index contributed by atoms with van der Waals surface area (Å²) in [6, 6.07) is 7.92. The van der Waals surface area contributed by atoms with E-state index in [9.17, 15) is 4.79 Å². The van der Waals surface area contributed by atoms with Gasteiger partial charge in [0.25, 0.3) is 0 Å². The fourth-order valence-electron chi connectivity index (χ4n) is 1.90. The highest BCUT2D eigenvalue weighted by atomic mass is 16.5. The summed E-state index contributed by atoms with van der Waals surface area (Å²) in [6.45, 7) is 4.17. The van der Waals surface area contributed by atoms with Crippen molar-refractivity contribution in [2.24, 2.45) is 0 Å². The SMILES string of the molecule is CCCCCNCC(=O)NCCc1ccc(OC)cc1. The Morgan fingerprint density at radius 1 is 1.15 bits per heavy atom. The predicted molar refractivity (Wildman–Crippen MR) is 82.1 cm³/mol. The molecule has 0 aliphatic carbocycles. The van der Waals surface area contributed by atoms with Crippen LogP contribution in [0.1, 0.15) is 31.7 Å². The standard InChI is InChI=1S/C16H26N2O2/c1-3-4-5-11-17-13-16(19)18-12-10-14-6-8-15(20-2)9-7-14/h6-9,17H,3-5,10-13H2,1-2H3,(H,18,19). The first-order chi connectivity index (χ1) is 9.76. The molecule has 4 nitrogen and oxygen atoms in total. The molecule has 0 aliphatic heterocycles. The summed E-state index contributed by atoms with van der Waals surface area (Å²) < 4.78 is 5.11. The average molecular weight is 278 g/mol. The van der Waals surface area contributed by atoms with E-state index in [1.54, 1.807) is 7.11 Å². The molecule has 1 aromatic carbocycles. The van der Waals surface area contributed by atoms with Crippen LogP contribution in [0.5, 0.6) is 5.75 Å². The van der Waals surface area contributed by atoms with Crippen LogP contribution >= 0.6 is 0 Å². The van der Waals surface area contributed by atoms with Crippen molar-refractivity contribution in [3.63, 3.8) is 0 Å². The molecule has 112 valence electrons. The molecule has 0 fully saturated rings. The molecular formula is C16H26N2O2. The Hall–Kier alpha value is -1.55. The molecule has 0 atom stereocenters. The Morgan fingerprint density at radius 3 is 2.55 bits per heavy atom. The maximum Gasteiger partial charge on any atom is 0.233 e. The van der Waals surface area contributed by atoms with Crippen molar-refractivity contribution in [1.29, 1.82) is 0 Å². The Labute approximate surface area is 121 Å². The normalized spacial score (nSPS) is 10.3. The van der Waals surface area contributed by atoms with Crippen LogP contribution in [0.15, 0.2) is 24.3 Å². The molecule has 4 heteroatoms. The Morgan fingerprint density at radius 2 is 1.90 bits per heavy atom. The molecule has 0 aliphatic rings. The zero-order chi connectivity index (χ0) is 14.6. The second kappa shape index (κ2) is 10.3. The average Bonchev–Trinajstić information content (AvgIpc) is 2.48. The maximum absolute atomic E-state index is 11.6. The lowest BCUT2D eigenvalue weighted by atomic mass is 10.1. The van der Waals surface area contributed by atoms with Gasteiger partial charge in [0.15, 0.2) is 0 Å². The van der Waals surface area contributed by atoms with Gasteiger partial charge in [0.05, 0.1) is 13.7 Å². The molecule has 0 radical (unpaired) electrons. The van der Waals surface area contributed by atoms with Crippen LogP contribution in [0.3, 0.4) is 0 Å². The first-order valence-corrected chi connectivity index (χ1v) is 7.36. The van der Waals surface area contributed by atoms with Gasteiger partial charge in [-0.25, -0.2) is 0 Å². The molecule has 0 aromatic heterocycles. The lowest BCUT2D eigenvalue weighted by Crippen LogP contribution is -2.35. The van der Waals surface area contributed by atoms with E-state index in [4.69, 9.17) is 4.74 Å². The van der Waals surface area contributed by atoms with Crippen LogP contribution in [0, 0.1) is 0 Å². The molecule has 1 rings (SSSR count). The van der Waals surface area contributed by atoms with E-state index in [1.807, 2.05) is 24.3 Å². The number of benzene rings is 1. The van der Waals surface area contributed by atoms with E-state index in [0.717, 1.165) is 25.1 Å². The number of ether oxygens (including phenoxy) is 1. The zero-order valence-corrected chi connectivity index (χ0v) is 12.6. The van der Waals surface area contributed by atoms with Gasteiger partial charge in [0.1, 0.15) is 5.75 Å². The van der Waals surface area contributed by atoms with Crippen LogP contribution < -0.4 is 15.4 Å². The van der Waals surface area contributed by atoms with E-state index in [0.29, 0.717) is 13.1 Å². The summed E-state index contributed by atoms with van der Waals surface area (Å²) in [5.41, 5.74) is 1.20. The molecule has 0 unspecified atom stereocenters. The molecular weight excluding hydrogens is 252 g/mol. The topological polar surface area (TPSA) is 50.4 Å². The van der Waals surface area contributed by atoms with Crippen molar-refractivity contribution < 1.29 is 9.53 Å². The molecule has 0 saturated carbocycles. The summed E-state index contributed by atoms with van der Waals surface area (Å²) in [5.74, 6) is 0.920. The van der Waals surface area contributed by atoms with Gasteiger partial charge >= 0.3 is 0 Å². The van der Waals surface area contributed by atoms with Gasteiger partial charge in [0.2, 0.25) is 5.91 Å². The van der Waals surface area contributed by atoms with E-state index in [1.165, 1.54) is 18.4 Å². The zero-order valence-electron chi connectivity index (χ0n) is 12.6. The number of hydrogen-bond donors (Lipinski definition) is 2. The van der Waals surface area contributed by atoms with Crippen LogP contribution in [-0.2, 0) is 11.2 Å². The fourth-order valence-corrected chi connectivity index (χ4v) is 1.90. The van der Waals surface area contributed by atoms with Gasteiger partial charge < -0.3 is 15.4 Å². The molecule has 0 spiro atoms. The lowest BCUT2D eigenvalue weighted by molar-refractivity contribution is -0.120. The quantitative estimate of drug-likeness (QED) is 0.645. The second-order valence-corrected chi connectivity index (χ2v) is 4.83. The predicted octanol–water partition coefficient (Wildman–Crippen LogP) is 2.13. The molecule has 1 aromatic rings. The van der Waals surface area contributed by atoms with E-state index in [2.05, 4.69) is 17.6 Å². The highest BCUT2D eigenvalue weighted by Crippen LogP contribution is 2.11. The molecule has 2 N–H and O–H groups in total. The number of nitrogens with one attached hydrogen (secondary N) is 2. The summed E-state index contributed by atoms with van der Waals surface area (Å²) in [7, 11) is 1.66. The summed E-state index contributed by atoms with van der Waals surface area (Å²) in [6.07, 6.45) is 4.39. The van der Waals surface area contributed by atoms with Crippen molar-refractivity contribution >= 4 is 5.91 Å². The maximum atomic E-state index is 11.6. The van der Waals surface area contributed by atoms with Gasteiger partial charge in [-0.1, -0.05) is 31.9 Å². The minimum atomic E-state index is 0.0648. The van der Waals surface area contributed by atoms with Crippen molar-refractivity contribution in [1.82, 2.24) is 10.6 Å². The summed E-state index contributed by atoms with van der Waals surface area (Å²) in [4.78, 5) is 11.6. The highest BCUT2D eigenvalue weighted by Gasteiger charge is 2.00. The molecule has 0 saturated heterocycles. The minimum absolute atomic E-state index is 0.0648. The molecule has 0 bridgehead atoms. The number of carbonyl (C=O) groups excluding carboxylic acids is 1. The van der Waals surface area contributed by atoms with Crippen molar-refractivity contribution in [2.75, 3.05) is 26.7 Å². The second-order valence-electron chi connectivity index (χ2n) is 4.83. The van der Waals surface area contributed by atoms with Gasteiger partial charge in [-0.2, -0.15) is 0 Å². The van der Waals surface area contributed by atoms with E-state index >= 15 is 0 Å². The van der Waals surface area contributed by atoms with Crippen LogP contribution in [0.2, 0.25) is 0 Å². The van der Waals surface area contributed by atoms with E-state index < -0.39 is 0 Å². The van der Waals surface area contributed by atoms with Crippen molar-refractivity contribution in [2.45, 2.75) is 32.6 Å². The minimum Gasteiger partial charge on any atom is -0.497 e.